The zero-order chi connectivity index (χ0) is 12.9. The predicted octanol–water partition coefficient (Wildman–Crippen LogP) is 1.07. The van der Waals surface area contributed by atoms with Crippen LogP contribution >= 0.6 is 0 Å². The van der Waals surface area contributed by atoms with Crippen molar-refractivity contribution < 1.29 is 22.7 Å². The van der Waals surface area contributed by atoms with E-state index >= 15 is 0 Å². The molecule has 1 atom stereocenters. The molecule has 1 aromatic rings. The standard InChI is InChI=1S/C11H13FO4S/c12-6-7-17(15,16)10(11(13)14)8-9-4-2-1-3-5-9/h1-5,10H,6-8H2,(H,13,14). The highest BCUT2D eigenvalue weighted by molar-refractivity contribution is 7.92. The summed E-state index contributed by atoms with van der Waals surface area (Å²) in [6.45, 7) is -1.07. The van der Waals surface area contributed by atoms with E-state index in [-0.39, 0.29) is 6.42 Å². The number of sulfone groups is 1. The SMILES string of the molecule is O=C(O)C(Cc1ccccc1)S(=O)(=O)CCF. The van der Waals surface area contributed by atoms with E-state index in [2.05, 4.69) is 0 Å². The van der Waals surface area contributed by atoms with E-state index in [4.69, 9.17) is 5.11 Å². The van der Waals surface area contributed by atoms with Crippen LogP contribution in [0, 0.1) is 0 Å². The Kier molecular flexibility index (Phi) is 4.62. The molecular weight excluding hydrogens is 247 g/mol. The number of alkyl halides is 1. The van der Waals surface area contributed by atoms with Gasteiger partial charge < -0.3 is 5.11 Å². The Morgan fingerprint density at radius 1 is 1.29 bits per heavy atom. The third-order valence-electron chi connectivity index (χ3n) is 2.33. The molecule has 0 amide bonds. The monoisotopic (exact) mass is 260 g/mol. The Balaban J connectivity index is 2.92. The lowest BCUT2D eigenvalue weighted by molar-refractivity contribution is -0.136. The van der Waals surface area contributed by atoms with E-state index in [1.54, 1.807) is 30.3 Å². The second-order valence-electron chi connectivity index (χ2n) is 3.57. The number of hydrogen-bond donors (Lipinski definition) is 1. The van der Waals surface area contributed by atoms with Gasteiger partial charge >= 0.3 is 5.97 Å². The van der Waals surface area contributed by atoms with Crippen molar-refractivity contribution in [1.29, 1.82) is 0 Å². The van der Waals surface area contributed by atoms with Crippen molar-refractivity contribution in [1.82, 2.24) is 0 Å². The van der Waals surface area contributed by atoms with Crippen molar-refractivity contribution in [2.24, 2.45) is 0 Å². The van der Waals surface area contributed by atoms with Gasteiger partial charge in [-0.15, -0.1) is 0 Å². The molecule has 1 aromatic carbocycles. The van der Waals surface area contributed by atoms with Crippen LogP contribution in [0.1, 0.15) is 5.56 Å². The zero-order valence-electron chi connectivity index (χ0n) is 9.04. The maximum Gasteiger partial charge on any atom is 0.322 e. The molecule has 0 aliphatic heterocycles. The van der Waals surface area contributed by atoms with Gasteiger partial charge in [0, 0.05) is 0 Å². The number of carboxylic acids is 1. The molecule has 0 spiro atoms. The van der Waals surface area contributed by atoms with Crippen LogP contribution in [0.25, 0.3) is 0 Å². The van der Waals surface area contributed by atoms with Gasteiger partial charge in [-0.25, -0.2) is 12.8 Å². The summed E-state index contributed by atoms with van der Waals surface area (Å²) in [5.41, 5.74) is 0.599. The fourth-order valence-electron chi connectivity index (χ4n) is 1.45. The molecule has 94 valence electrons. The van der Waals surface area contributed by atoms with Gasteiger partial charge in [0.15, 0.2) is 15.1 Å². The summed E-state index contributed by atoms with van der Waals surface area (Å²) >= 11 is 0. The van der Waals surface area contributed by atoms with E-state index in [0.29, 0.717) is 5.56 Å². The van der Waals surface area contributed by atoms with Crippen molar-refractivity contribution >= 4 is 15.8 Å². The van der Waals surface area contributed by atoms with Gasteiger partial charge in [0.2, 0.25) is 0 Å². The van der Waals surface area contributed by atoms with Gasteiger partial charge in [0.25, 0.3) is 0 Å². The number of rotatable bonds is 6. The van der Waals surface area contributed by atoms with Gasteiger partial charge in [0.1, 0.15) is 6.67 Å². The topological polar surface area (TPSA) is 71.4 Å². The minimum Gasteiger partial charge on any atom is -0.480 e. The van der Waals surface area contributed by atoms with Crippen LogP contribution in [0.2, 0.25) is 0 Å². The average Bonchev–Trinajstić information content (AvgIpc) is 2.26. The highest BCUT2D eigenvalue weighted by atomic mass is 32.2. The fourth-order valence-corrected chi connectivity index (χ4v) is 2.70. The third-order valence-corrected chi connectivity index (χ3v) is 4.29. The van der Waals surface area contributed by atoms with Gasteiger partial charge in [0.05, 0.1) is 5.75 Å². The first-order valence-corrected chi connectivity index (χ1v) is 6.73. The van der Waals surface area contributed by atoms with E-state index < -0.39 is 33.5 Å². The second kappa shape index (κ2) is 5.77. The minimum atomic E-state index is -3.94. The summed E-state index contributed by atoms with van der Waals surface area (Å²) in [6, 6.07) is 8.41. The number of carboxylic acid groups (broad SMARTS) is 1. The van der Waals surface area contributed by atoms with Crippen LogP contribution in [0.4, 0.5) is 4.39 Å². The summed E-state index contributed by atoms with van der Waals surface area (Å²) in [5, 5.41) is 7.31. The molecule has 0 saturated heterocycles. The summed E-state index contributed by atoms with van der Waals surface area (Å²) in [7, 11) is -3.94. The molecule has 1 rings (SSSR count). The number of halogens is 1. The Hall–Kier alpha value is -1.43. The number of carbonyl (C=O) groups is 1. The number of aliphatic carboxylic acids is 1. The molecule has 0 aliphatic carbocycles. The molecule has 0 saturated carbocycles. The summed E-state index contributed by atoms with van der Waals surface area (Å²) in [6.07, 6.45) is -0.140. The third kappa shape index (κ3) is 3.81. The molecule has 0 bridgehead atoms. The Morgan fingerprint density at radius 3 is 2.35 bits per heavy atom. The van der Waals surface area contributed by atoms with Crippen molar-refractivity contribution in [2.75, 3.05) is 12.4 Å². The Bertz CT molecular complexity index is 470. The molecule has 1 N–H and O–H groups in total. The summed E-state index contributed by atoms with van der Waals surface area (Å²) in [4.78, 5) is 10.9. The van der Waals surface area contributed by atoms with E-state index in [0.717, 1.165) is 0 Å². The molecule has 0 heterocycles. The lowest BCUT2D eigenvalue weighted by Crippen LogP contribution is -2.34. The summed E-state index contributed by atoms with van der Waals surface area (Å²) in [5.74, 6) is -2.20. The number of hydrogen-bond acceptors (Lipinski definition) is 3. The molecule has 17 heavy (non-hydrogen) atoms. The maximum absolute atomic E-state index is 12.1. The Labute approximate surface area is 99.0 Å². The largest absolute Gasteiger partial charge is 0.480 e. The molecule has 6 heteroatoms. The fraction of sp³-hybridized carbons (Fsp3) is 0.364. The Morgan fingerprint density at radius 2 is 1.88 bits per heavy atom. The molecule has 0 radical (unpaired) electrons. The van der Waals surface area contributed by atoms with Crippen LogP contribution in [0.15, 0.2) is 30.3 Å². The number of benzene rings is 1. The first-order chi connectivity index (χ1) is 7.97. The highest BCUT2D eigenvalue weighted by Gasteiger charge is 2.32. The first-order valence-electron chi connectivity index (χ1n) is 5.01. The smallest absolute Gasteiger partial charge is 0.322 e. The van der Waals surface area contributed by atoms with Crippen molar-refractivity contribution in [3.63, 3.8) is 0 Å². The van der Waals surface area contributed by atoms with E-state index in [1.165, 1.54) is 0 Å². The molecular formula is C11H13FO4S. The first kappa shape index (κ1) is 13.6. The zero-order valence-corrected chi connectivity index (χ0v) is 9.86. The predicted molar refractivity (Wildman–Crippen MR) is 61.3 cm³/mol. The normalized spacial score (nSPS) is 13.2. The second-order valence-corrected chi connectivity index (χ2v) is 5.88. The summed E-state index contributed by atoms with van der Waals surface area (Å²) < 4.78 is 35.2. The van der Waals surface area contributed by atoms with Crippen molar-refractivity contribution in [3.8, 4) is 0 Å². The van der Waals surface area contributed by atoms with Gasteiger partial charge in [-0.05, 0) is 12.0 Å². The van der Waals surface area contributed by atoms with E-state index in [9.17, 15) is 17.6 Å². The molecule has 4 nitrogen and oxygen atoms in total. The lowest BCUT2D eigenvalue weighted by Gasteiger charge is -2.12. The quantitative estimate of drug-likeness (QED) is 0.830. The molecule has 1 unspecified atom stereocenters. The van der Waals surface area contributed by atoms with E-state index in [1.807, 2.05) is 0 Å². The highest BCUT2D eigenvalue weighted by Crippen LogP contribution is 2.11. The van der Waals surface area contributed by atoms with Crippen LogP contribution in [0.5, 0.6) is 0 Å². The molecule has 0 fully saturated rings. The maximum atomic E-state index is 12.1. The van der Waals surface area contributed by atoms with Crippen molar-refractivity contribution in [3.05, 3.63) is 35.9 Å². The van der Waals surface area contributed by atoms with Crippen LogP contribution < -0.4 is 0 Å². The van der Waals surface area contributed by atoms with Crippen molar-refractivity contribution in [2.45, 2.75) is 11.7 Å². The molecule has 0 aromatic heterocycles. The minimum absolute atomic E-state index is 0.140. The van der Waals surface area contributed by atoms with Crippen LogP contribution in [0.3, 0.4) is 0 Å². The van der Waals surface area contributed by atoms with Crippen LogP contribution in [-0.4, -0.2) is 37.2 Å². The lowest BCUT2D eigenvalue weighted by atomic mass is 10.1. The molecule has 0 aliphatic rings. The van der Waals surface area contributed by atoms with Crippen LogP contribution in [-0.2, 0) is 21.1 Å². The van der Waals surface area contributed by atoms with Gasteiger partial charge in [-0.2, -0.15) is 0 Å². The van der Waals surface area contributed by atoms with Gasteiger partial charge in [-0.3, -0.25) is 4.79 Å². The van der Waals surface area contributed by atoms with Gasteiger partial charge in [-0.1, -0.05) is 30.3 Å². The average molecular weight is 260 g/mol.